The van der Waals surface area contributed by atoms with Crippen LogP contribution in [0.15, 0.2) is 48.7 Å². The number of nitrogens with two attached hydrogens (primary N) is 1. The molecule has 150 valence electrons. The zero-order chi connectivity index (χ0) is 21.3. The quantitative estimate of drug-likeness (QED) is 0.298. The van der Waals surface area contributed by atoms with Gasteiger partial charge < -0.3 is 21.1 Å². The molecule has 2 aromatic carbocycles. The average molecular weight is 402 g/mol. The molecule has 1 amide bonds. The number of hydrogen-bond acceptors (Lipinski definition) is 7. The third-order valence-corrected chi connectivity index (χ3v) is 4.76. The number of primary amides is 1. The third kappa shape index (κ3) is 3.73. The summed E-state index contributed by atoms with van der Waals surface area (Å²) >= 11 is 0. The van der Waals surface area contributed by atoms with Crippen LogP contribution < -0.4 is 16.5 Å². The van der Waals surface area contributed by atoms with Crippen molar-refractivity contribution in [2.24, 2.45) is 5.73 Å². The molecule has 0 saturated carbocycles. The molecular formula is C20H19BN6O3. The largest absolute Gasteiger partial charge is 0.488 e. The van der Waals surface area contributed by atoms with Gasteiger partial charge in [0.1, 0.15) is 11.5 Å². The van der Waals surface area contributed by atoms with E-state index in [-0.39, 0.29) is 0 Å². The van der Waals surface area contributed by atoms with Gasteiger partial charge in [0.05, 0.1) is 11.1 Å². The first kappa shape index (κ1) is 19.6. The van der Waals surface area contributed by atoms with Crippen molar-refractivity contribution in [1.29, 1.82) is 0 Å². The SMILES string of the molecule is Cc1cnc(-c2n[nH]c3c(C(N)=O)cccc23)nc1NCc1cccc(B(O)O)c1. The van der Waals surface area contributed by atoms with Crippen LogP contribution in [0.3, 0.4) is 0 Å². The van der Waals surface area contributed by atoms with Gasteiger partial charge >= 0.3 is 7.12 Å². The van der Waals surface area contributed by atoms with E-state index in [0.717, 1.165) is 11.1 Å². The van der Waals surface area contributed by atoms with Gasteiger partial charge in [-0.1, -0.05) is 36.4 Å². The molecule has 0 unspecified atom stereocenters. The van der Waals surface area contributed by atoms with Crippen LogP contribution in [-0.4, -0.2) is 43.2 Å². The Bertz CT molecular complexity index is 1240. The minimum Gasteiger partial charge on any atom is -0.423 e. The highest BCUT2D eigenvalue weighted by Gasteiger charge is 2.16. The number of aromatic amines is 1. The van der Waals surface area contributed by atoms with Gasteiger partial charge in [0, 0.05) is 23.7 Å². The predicted molar refractivity (Wildman–Crippen MR) is 114 cm³/mol. The number of carbonyl (C=O) groups excluding carboxylic acids is 1. The summed E-state index contributed by atoms with van der Waals surface area (Å²) in [5.74, 6) is 0.478. The Labute approximate surface area is 172 Å². The van der Waals surface area contributed by atoms with Gasteiger partial charge in [-0.25, -0.2) is 9.97 Å². The Morgan fingerprint density at radius 2 is 2.03 bits per heavy atom. The van der Waals surface area contributed by atoms with Crippen LogP contribution in [0.1, 0.15) is 21.5 Å². The summed E-state index contributed by atoms with van der Waals surface area (Å²) < 4.78 is 0. The summed E-state index contributed by atoms with van der Waals surface area (Å²) in [6, 6.07) is 12.2. The van der Waals surface area contributed by atoms with E-state index in [1.165, 1.54) is 0 Å². The van der Waals surface area contributed by atoms with Crippen molar-refractivity contribution in [3.8, 4) is 11.5 Å². The highest BCUT2D eigenvalue weighted by molar-refractivity contribution is 6.58. The van der Waals surface area contributed by atoms with Crippen LogP contribution in [-0.2, 0) is 6.54 Å². The van der Waals surface area contributed by atoms with Crippen LogP contribution in [0.2, 0.25) is 0 Å². The maximum atomic E-state index is 11.6. The highest BCUT2D eigenvalue weighted by atomic mass is 16.4. The van der Waals surface area contributed by atoms with Crippen molar-refractivity contribution < 1.29 is 14.8 Å². The fourth-order valence-electron chi connectivity index (χ4n) is 3.20. The molecule has 6 N–H and O–H groups in total. The number of hydrogen-bond donors (Lipinski definition) is 5. The minimum absolute atomic E-state index is 0.350. The first-order valence-corrected chi connectivity index (χ1v) is 9.24. The van der Waals surface area contributed by atoms with Crippen LogP contribution in [0, 0.1) is 6.92 Å². The molecule has 2 heterocycles. The molecule has 0 aliphatic heterocycles. The fraction of sp³-hybridized carbons (Fsp3) is 0.100. The topological polar surface area (TPSA) is 150 Å². The molecule has 0 bridgehead atoms. The maximum absolute atomic E-state index is 11.6. The number of aryl methyl sites for hydroxylation is 1. The van der Waals surface area contributed by atoms with Gasteiger partial charge in [0.25, 0.3) is 5.91 Å². The molecule has 0 aliphatic carbocycles. The van der Waals surface area contributed by atoms with E-state index in [0.29, 0.717) is 45.8 Å². The molecule has 0 radical (unpaired) electrons. The zero-order valence-electron chi connectivity index (χ0n) is 16.1. The first-order chi connectivity index (χ1) is 14.4. The molecular weight excluding hydrogens is 383 g/mol. The number of fused-ring (bicyclic) bond motifs is 1. The standard InChI is InChI=1S/C20H19BN6O3/c1-11-9-23-20(17-14-6-3-7-15(18(22)28)16(14)26-27-17)25-19(11)24-10-12-4-2-5-13(8-12)21(29)30/h2-9,29-30H,10H2,1H3,(H2,22,28)(H,26,27)(H,23,24,25). The van der Waals surface area contributed by atoms with Gasteiger partial charge in [-0.15, -0.1) is 0 Å². The Hall–Kier alpha value is -3.76. The first-order valence-electron chi connectivity index (χ1n) is 9.24. The Kier molecular flexibility index (Phi) is 5.17. The third-order valence-electron chi connectivity index (χ3n) is 4.76. The lowest BCUT2D eigenvalue weighted by atomic mass is 9.80. The zero-order valence-corrected chi connectivity index (χ0v) is 16.1. The Morgan fingerprint density at radius 1 is 1.23 bits per heavy atom. The average Bonchev–Trinajstić information content (AvgIpc) is 3.17. The van der Waals surface area contributed by atoms with Gasteiger partial charge in [-0.2, -0.15) is 5.10 Å². The number of H-pyrrole nitrogens is 1. The summed E-state index contributed by atoms with van der Waals surface area (Å²) in [6.07, 6.45) is 1.69. The number of anilines is 1. The van der Waals surface area contributed by atoms with Crippen molar-refractivity contribution in [3.05, 3.63) is 65.4 Å². The molecule has 9 nitrogen and oxygen atoms in total. The lowest BCUT2D eigenvalue weighted by molar-refractivity contribution is 0.100. The van der Waals surface area contributed by atoms with Gasteiger partial charge in [-0.05, 0) is 24.0 Å². The molecule has 0 spiro atoms. The van der Waals surface area contributed by atoms with Gasteiger partial charge in [-0.3, -0.25) is 9.89 Å². The Morgan fingerprint density at radius 3 is 2.80 bits per heavy atom. The number of benzene rings is 2. The van der Waals surface area contributed by atoms with E-state index in [1.54, 1.807) is 36.5 Å². The lowest BCUT2D eigenvalue weighted by Gasteiger charge is -2.10. The van der Waals surface area contributed by atoms with E-state index in [2.05, 4.69) is 25.5 Å². The lowest BCUT2D eigenvalue weighted by Crippen LogP contribution is -2.30. The van der Waals surface area contributed by atoms with Crippen molar-refractivity contribution in [2.75, 3.05) is 5.32 Å². The van der Waals surface area contributed by atoms with Crippen molar-refractivity contribution >= 4 is 35.2 Å². The van der Waals surface area contributed by atoms with Crippen molar-refractivity contribution in [3.63, 3.8) is 0 Å². The summed E-state index contributed by atoms with van der Waals surface area (Å²) in [7, 11) is -1.52. The fourth-order valence-corrected chi connectivity index (χ4v) is 3.20. The number of carbonyl (C=O) groups is 1. The van der Waals surface area contributed by atoms with E-state index in [1.807, 2.05) is 19.1 Å². The summed E-state index contributed by atoms with van der Waals surface area (Å²) in [5, 5.41) is 29.8. The number of aromatic nitrogens is 4. The number of para-hydroxylation sites is 1. The molecule has 30 heavy (non-hydrogen) atoms. The second-order valence-electron chi connectivity index (χ2n) is 6.86. The monoisotopic (exact) mass is 402 g/mol. The molecule has 0 saturated heterocycles. The number of rotatable bonds is 6. The number of nitrogens with zero attached hydrogens (tertiary/aromatic N) is 3. The van der Waals surface area contributed by atoms with Gasteiger partial charge in [0.15, 0.2) is 5.82 Å². The predicted octanol–water partition coefficient (Wildman–Crippen LogP) is 0.719. The van der Waals surface area contributed by atoms with Crippen LogP contribution >= 0.6 is 0 Å². The second kappa shape index (κ2) is 7.93. The van der Waals surface area contributed by atoms with E-state index >= 15 is 0 Å². The van der Waals surface area contributed by atoms with Crippen LogP contribution in [0.25, 0.3) is 22.4 Å². The van der Waals surface area contributed by atoms with E-state index in [9.17, 15) is 14.8 Å². The molecule has 2 aromatic heterocycles. The molecule has 0 fully saturated rings. The minimum atomic E-state index is -1.52. The van der Waals surface area contributed by atoms with E-state index in [4.69, 9.17) is 5.73 Å². The summed E-state index contributed by atoms with van der Waals surface area (Å²) in [4.78, 5) is 20.6. The molecule has 0 aliphatic rings. The molecule has 4 aromatic rings. The maximum Gasteiger partial charge on any atom is 0.488 e. The van der Waals surface area contributed by atoms with Gasteiger partial charge in [0.2, 0.25) is 0 Å². The Balaban J connectivity index is 1.64. The highest BCUT2D eigenvalue weighted by Crippen LogP contribution is 2.27. The smallest absolute Gasteiger partial charge is 0.423 e. The molecule has 10 heteroatoms. The molecule has 4 rings (SSSR count). The van der Waals surface area contributed by atoms with Crippen molar-refractivity contribution in [1.82, 2.24) is 20.2 Å². The molecule has 0 atom stereocenters. The van der Waals surface area contributed by atoms with Crippen molar-refractivity contribution in [2.45, 2.75) is 13.5 Å². The van der Waals surface area contributed by atoms with E-state index < -0.39 is 13.0 Å². The summed E-state index contributed by atoms with van der Waals surface area (Å²) in [5.41, 5.74) is 8.97. The second-order valence-corrected chi connectivity index (χ2v) is 6.86. The van der Waals surface area contributed by atoms with Crippen LogP contribution in [0.5, 0.6) is 0 Å². The number of nitrogens with one attached hydrogen (secondary N) is 2. The summed E-state index contributed by atoms with van der Waals surface area (Å²) in [6.45, 7) is 2.32. The number of amides is 1. The normalized spacial score (nSPS) is 10.9. The van der Waals surface area contributed by atoms with Crippen LogP contribution in [0.4, 0.5) is 5.82 Å².